The van der Waals surface area contributed by atoms with E-state index in [0.29, 0.717) is 24.9 Å². The molecule has 0 aromatic heterocycles. The average Bonchev–Trinajstić information content (AvgIpc) is 2.54. The third-order valence-electron chi connectivity index (χ3n) is 4.90. The van der Waals surface area contributed by atoms with Gasteiger partial charge in [0.05, 0.1) is 5.92 Å². The van der Waals surface area contributed by atoms with Gasteiger partial charge in [-0.3, -0.25) is 4.79 Å². The zero-order valence-corrected chi connectivity index (χ0v) is 16.0. The smallest absolute Gasteiger partial charge is 0.317 e. The predicted molar refractivity (Wildman–Crippen MR) is 98.4 cm³/mol. The lowest BCUT2D eigenvalue weighted by atomic mass is 9.92. The van der Waals surface area contributed by atoms with E-state index in [0.717, 1.165) is 38.9 Å². The van der Waals surface area contributed by atoms with Gasteiger partial charge in [-0.1, -0.05) is 20.8 Å². The molecule has 3 amide bonds. The second-order valence-corrected chi connectivity index (χ2v) is 7.45. The maximum Gasteiger partial charge on any atom is 0.317 e. The van der Waals surface area contributed by atoms with E-state index >= 15 is 0 Å². The van der Waals surface area contributed by atoms with Crippen molar-refractivity contribution < 1.29 is 9.59 Å². The monoisotopic (exact) mass is 360 g/mol. The Morgan fingerprint density at radius 3 is 2.71 bits per heavy atom. The largest absolute Gasteiger partial charge is 0.352 e. The third kappa shape index (κ3) is 6.13. The van der Waals surface area contributed by atoms with Crippen LogP contribution in [0.25, 0.3) is 0 Å². The molecule has 3 atom stereocenters. The molecule has 7 heteroatoms. The van der Waals surface area contributed by atoms with Crippen LogP contribution in [0.2, 0.25) is 0 Å². The van der Waals surface area contributed by atoms with Gasteiger partial charge < -0.3 is 20.9 Å². The van der Waals surface area contributed by atoms with Crippen LogP contribution in [0.5, 0.6) is 0 Å². The Morgan fingerprint density at radius 2 is 2.04 bits per heavy atom. The van der Waals surface area contributed by atoms with Crippen LogP contribution in [0, 0.1) is 17.8 Å². The molecule has 0 saturated carbocycles. The Kier molecular flexibility index (Phi) is 8.84. The Balaban J connectivity index is 0.00000288. The number of amides is 3. The molecule has 2 fully saturated rings. The summed E-state index contributed by atoms with van der Waals surface area (Å²) in [6.07, 6.45) is 2.86. The SMILES string of the molecule is CC(C)CNC(=O)N1CCCC(C(=O)NC2CNCCC2C)C1.Cl. The second-order valence-electron chi connectivity index (χ2n) is 7.45. The lowest BCUT2D eigenvalue weighted by Crippen LogP contribution is -2.54. The van der Waals surface area contributed by atoms with Crippen molar-refractivity contribution in [1.29, 1.82) is 0 Å². The van der Waals surface area contributed by atoms with Crippen molar-refractivity contribution in [3.63, 3.8) is 0 Å². The van der Waals surface area contributed by atoms with Gasteiger partial charge in [-0.15, -0.1) is 12.4 Å². The Bertz CT molecular complexity index is 419. The number of hydrogen-bond acceptors (Lipinski definition) is 3. The van der Waals surface area contributed by atoms with Crippen molar-refractivity contribution >= 4 is 24.3 Å². The summed E-state index contributed by atoms with van der Waals surface area (Å²) in [5.74, 6) is 0.965. The van der Waals surface area contributed by atoms with Crippen LogP contribution in [-0.2, 0) is 4.79 Å². The van der Waals surface area contributed by atoms with E-state index in [1.165, 1.54) is 0 Å². The first-order chi connectivity index (χ1) is 11.0. The molecular weight excluding hydrogens is 328 g/mol. The molecule has 2 aliphatic heterocycles. The standard InChI is InChI=1S/C17H32N4O2.ClH/c1-12(2)9-19-17(23)21-8-4-5-14(11-21)16(22)20-15-10-18-7-6-13(15)3;/h12-15,18H,4-11H2,1-3H3,(H,19,23)(H,20,22);1H. The van der Waals surface area contributed by atoms with Crippen LogP contribution in [0.1, 0.15) is 40.0 Å². The zero-order chi connectivity index (χ0) is 16.8. The van der Waals surface area contributed by atoms with Crippen molar-refractivity contribution in [2.75, 3.05) is 32.7 Å². The maximum atomic E-state index is 12.5. The Labute approximate surface area is 151 Å². The molecule has 0 bridgehead atoms. The van der Waals surface area contributed by atoms with E-state index in [-0.39, 0.29) is 36.3 Å². The average molecular weight is 361 g/mol. The molecule has 0 aromatic rings. The lowest BCUT2D eigenvalue weighted by Gasteiger charge is -2.35. The molecule has 140 valence electrons. The highest BCUT2D eigenvalue weighted by Crippen LogP contribution is 2.18. The topological polar surface area (TPSA) is 73.5 Å². The number of hydrogen-bond donors (Lipinski definition) is 3. The number of piperidine rings is 2. The highest BCUT2D eigenvalue weighted by atomic mass is 35.5. The first kappa shape index (κ1) is 21.0. The molecule has 2 rings (SSSR count). The summed E-state index contributed by atoms with van der Waals surface area (Å²) in [6, 6.07) is 0.172. The summed E-state index contributed by atoms with van der Waals surface area (Å²) in [4.78, 5) is 26.5. The number of urea groups is 1. The maximum absolute atomic E-state index is 12.5. The molecule has 2 aliphatic rings. The molecule has 2 saturated heterocycles. The van der Waals surface area contributed by atoms with Gasteiger partial charge in [-0.05, 0) is 37.6 Å². The number of rotatable bonds is 4. The van der Waals surface area contributed by atoms with E-state index in [4.69, 9.17) is 0 Å². The van der Waals surface area contributed by atoms with E-state index in [9.17, 15) is 9.59 Å². The second kappa shape index (κ2) is 10.1. The van der Waals surface area contributed by atoms with Gasteiger partial charge >= 0.3 is 6.03 Å². The quantitative estimate of drug-likeness (QED) is 0.713. The zero-order valence-electron chi connectivity index (χ0n) is 15.1. The molecule has 3 N–H and O–H groups in total. The fraction of sp³-hybridized carbons (Fsp3) is 0.882. The van der Waals surface area contributed by atoms with Crippen molar-refractivity contribution in [2.24, 2.45) is 17.8 Å². The highest BCUT2D eigenvalue weighted by molar-refractivity contribution is 5.85. The molecule has 0 aliphatic carbocycles. The normalized spacial score (nSPS) is 27.3. The van der Waals surface area contributed by atoms with Gasteiger partial charge in [0.25, 0.3) is 0 Å². The van der Waals surface area contributed by atoms with Crippen molar-refractivity contribution in [2.45, 2.75) is 46.1 Å². The summed E-state index contributed by atoms with van der Waals surface area (Å²) in [6.45, 7) is 10.2. The minimum absolute atomic E-state index is 0. The lowest BCUT2D eigenvalue weighted by molar-refractivity contribution is -0.127. The van der Waals surface area contributed by atoms with Crippen molar-refractivity contribution in [1.82, 2.24) is 20.9 Å². The minimum atomic E-state index is -0.0809. The first-order valence-corrected chi connectivity index (χ1v) is 9.01. The molecule has 0 spiro atoms. The van der Waals surface area contributed by atoms with Gasteiger partial charge in [0.2, 0.25) is 5.91 Å². The van der Waals surface area contributed by atoms with Crippen LogP contribution in [-0.4, -0.2) is 55.6 Å². The summed E-state index contributed by atoms with van der Waals surface area (Å²) in [5.41, 5.74) is 0. The van der Waals surface area contributed by atoms with E-state index in [1.807, 2.05) is 0 Å². The third-order valence-corrected chi connectivity index (χ3v) is 4.90. The predicted octanol–water partition coefficient (Wildman–Crippen LogP) is 1.60. The number of nitrogens with one attached hydrogen (secondary N) is 3. The number of halogens is 1. The van der Waals surface area contributed by atoms with Crippen molar-refractivity contribution in [3.8, 4) is 0 Å². The van der Waals surface area contributed by atoms with Gasteiger partial charge in [0, 0.05) is 32.2 Å². The summed E-state index contributed by atoms with van der Waals surface area (Å²) in [5, 5.41) is 9.47. The molecular formula is C17H33ClN4O2. The summed E-state index contributed by atoms with van der Waals surface area (Å²) < 4.78 is 0. The summed E-state index contributed by atoms with van der Waals surface area (Å²) >= 11 is 0. The Hall–Kier alpha value is -1.01. The minimum Gasteiger partial charge on any atom is -0.352 e. The van der Waals surface area contributed by atoms with Crippen LogP contribution in [0.3, 0.4) is 0 Å². The molecule has 3 unspecified atom stereocenters. The molecule has 0 aromatic carbocycles. The molecule has 2 heterocycles. The van der Waals surface area contributed by atoms with Gasteiger partial charge in [0.15, 0.2) is 0 Å². The van der Waals surface area contributed by atoms with Crippen LogP contribution in [0.4, 0.5) is 4.79 Å². The van der Waals surface area contributed by atoms with Gasteiger partial charge in [-0.2, -0.15) is 0 Å². The van der Waals surface area contributed by atoms with E-state index in [1.54, 1.807) is 4.90 Å². The molecule has 6 nitrogen and oxygen atoms in total. The fourth-order valence-corrected chi connectivity index (χ4v) is 3.26. The molecule has 0 radical (unpaired) electrons. The van der Waals surface area contributed by atoms with Crippen LogP contribution >= 0.6 is 12.4 Å². The Morgan fingerprint density at radius 1 is 1.29 bits per heavy atom. The van der Waals surface area contributed by atoms with Crippen molar-refractivity contribution in [3.05, 3.63) is 0 Å². The summed E-state index contributed by atoms with van der Waals surface area (Å²) in [7, 11) is 0. The van der Waals surface area contributed by atoms with E-state index in [2.05, 4.69) is 36.7 Å². The number of nitrogens with zero attached hydrogens (tertiary/aromatic N) is 1. The van der Waals surface area contributed by atoms with Crippen LogP contribution < -0.4 is 16.0 Å². The van der Waals surface area contributed by atoms with Gasteiger partial charge in [-0.25, -0.2) is 4.79 Å². The number of likely N-dealkylation sites (tertiary alicyclic amines) is 1. The number of carbonyl (C=O) groups excluding carboxylic acids is 2. The fourth-order valence-electron chi connectivity index (χ4n) is 3.26. The van der Waals surface area contributed by atoms with Gasteiger partial charge in [0.1, 0.15) is 0 Å². The van der Waals surface area contributed by atoms with Crippen LogP contribution in [0.15, 0.2) is 0 Å². The highest BCUT2D eigenvalue weighted by Gasteiger charge is 2.31. The molecule has 24 heavy (non-hydrogen) atoms. The first-order valence-electron chi connectivity index (χ1n) is 9.01. The number of carbonyl (C=O) groups is 2. The van der Waals surface area contributed by atoms with E-state index < -0.39 is 0 Å².